The number of rotatable bonds is 3. The van der Waals surface area contributed by atoms with E-state index in [4.69, 9.17) is 17.3 Å². The van der Waals surface area contributed by atoms with Crippen LogP contribution in [0.1, 0.15) is 20.8 Å². The lowest BCUT2D eigenvalue weighted by Gasteiger charge is -2.10. The average molecular weight is 306 g/mol. The zero-order valence-corrected chi connectivity index (χ0v) is 11.8. The van der Waals surface area contributed by atoms with Crippen LogP contribution in [-0.4, -0.2) is 24.0 Å². The fourth-order valence-corrected chi connectivity index (χ4v) is 1.87. The monoisotopic (exact) mass is 305 g/mol. The van der Waals surface area contributed by atoms with E-state index >= 15 is 0 Å². The van der Waals surface area contributed by atoms with Crippen molar-refractivity contribution in [2.24, 2.45) is 0 Å². The SMILES string of the molecule is COC(=O)c1ccc(Cl)cc1NC(=O)c1ncccc1N. The number of hydrogen-bond acceptors (Lipinski definition) is 5. The van der Waals surface area contributed by atoms with Gasteiger partial charge < -0.3 is 15.8 Å². The summed E-state index contributed by atoms with van der Waals surface area (Å²) in [4.78, 5) is 27.7. The second-order valence-electron chi connectivity index (χ2n) is 4.08. The van der Waals surface area contributed by atoms with Crippen LogP contribution in [0.25, 0.3) is 0 Å². The maximum Gasteiger partial charge on any atom is 0.339 e. The van der Waals surface area contributed by atoms with E-state index in [9.17, 15) is 9.59 Å². The van der Waals surface area contributed by atoms with E-state index in [0.29, 0.717) is 5.02 Å². The lowest BCUT2D eigenvalue weighted by molar-refractivity contribution is 0.0602. The fraction of sp³-hybridized carbons (Fsp3) is 0.0714. The van der Waals surface area contributed by atoms with Gasteiger partial charge in [-0.1, -0.05) is 11.6 Å². The highest BCUT2D eigenvalue weighted by molar-refractivity contribution is 6.31. The third-order valence-electron chi connectivity index (χ3n) is 2.69. The van der Waals surface area contributed by atoms with Crippen molar-refractivity contribution in [1.82, 2.24) is 4.98 Å². The number of ether oxygens (including phenoxy) is 1. The van der Waals surface area contributed by atoms with Gasteiger partial charge in [-0.15, -0.1) is 0 Å². The fourth-order valence-electron chi connectivity index (χ4n) is 1.70. The number of nitrogen functional groups attached to an aromatic ring is 1. The number of carbonyl (C=O) groups is 2. The van der Waals surface area contributed by atoms with Crippen molar-refractivity contribution in [3.05, 3.63) is 52.8 Å². The van der Waals surface area contributed by atoms with Gasteiger partial charge in [0.15, 0.2) is 5.69 Å². The Balaban J connectivity index is 2.35. The summed E-state index contributed by atoms with van der Waals surface area (Å²) in [6.45, 7) is 0. The minimum atomic E-state index is -0.587. The molecule has 108 valence electrons. The van der Waals surface area contributed by atoms with Gasteiger partial charge >= 0.3 is 5.97 Å². The van der Waals surface area contributed by atoms with Gasteiger partial charge in [0.05, 0.1) is 24.0 Å². The Morgan fingerprint density at radius 3 is 2.76 bits per heavy atom. The summed E-state index contributed by atoms with van der Waals surface area (Å²) in [6, 6.07) is 7.61. The van der Waals surface area contributed by atoms with Crippen LogP contribution in [0, 0.1) is 0 Å². The molecule has 7 heteroatoms. The first-order chi connectivity index (χ1) is 10.0. The van der Waals surface area contributed by atoms with E-state index in [1.165, 1.54) is 31.5 Å². The molecule has 0 radical (unpaired) electrons. The number of nitrogens with one attached hydrogen (secondary N) is 1. The number of carbonyl (C=O) groups excluding carboxylic acids is 2. The number of halogens is 1. The number of methoxy groups -OCH3 is 1. The maximum absolute atomic E-state index is 12.2. The van der Waals surface area contributed by atoms with Gasteiger partial charge in [0.2, 0.25) is 0 Å². The normalized spacial score (nSPS) is 10.0. The summed E-state index contributed by atoms with van der Waals surface area (Å²) in [6.07, 6.45) is 1.45. The Labute approximate surface area is 125 Å². The number of benzene rings is 1. The lowest BCUT2D eigenvalue weighted by atomic mass is 10.1. The standard InChI is InChI=1S/C14H12ClN3O3/c1-21-14(20)9-5-4-8(15)7-11(9)18-13(19)12-10(16)3-2-6-17-12/h2-7H,16H2,1H3,(H,18,19). The number of nitrogens with zero attached hydrogens (tertiary/aromatic N) is 1. The summed E-state index contributed by atoms with van der Waals surface area (Å²) < 4.78 is 4.65. The highest BCUT2D eigenvalue weighted by Crippen LogP contribution is 2.23. The van der Waals surface area contributed by atoms with Crippen molar-refractivity contribution in [2.45, 2.75) is 0 Å². The van der Waals surface area contributed by atoms with Gasteiger partial charge in [-0.3, -0.25) is 4.79 Å². The Morgan fingerprint density at radius 2 is 2.10 bits per heavy atom. The quantitative estimate of drug-likeness (QED) is 0.849. The summed E-state index contributed by atoms with van der Waals surface area (Å²) in [5.74, 6) is -1.13. The molecular weight excluding hydrogens is 294 g/mol. The van der Waals surface area contributed by atoms with Crippen LogP contribution in [0.5, 0.6) is 0 Å². The van der Waals surface area contributed by atoms with E-state index < -0.39 is 11.9 Å². The zero-order chi connectivity index (χ0) is 15.4. The van der Waals surface area contributed by atoms with Gasteiger partial charge in [0.25, 0.3) is 5.91 Å². The molecule has 2 aromatic rings. The number of hydrogen-bond donors (Lipinski definition) is 2. The molecule has 1 heterocycles. The number of anilines is 2. The second-order valence-corrected chi connectivity index (χ2v) is 4.51. The van der Waals surface area contributed by atoms with Crippen molar-refractivity contribution >= 4 is 34.9 Å². The van der Waals surface area contributed by atoms with E-state index in [2.05, 4.69) is 15.0 Å². The number of esters is 1. The van der Waals surface area contributed by atoms with Crippen LogP contribution in [0.2, 0.25) is 5.02 Å². The van der Waals surface area contributed by atoms with Crippen LogP contribution >= 0.6 is 11.6 Å². The molecule has 0 aliphatic rings. The molecule has 21 heavy (non-hydrogen) atoms. The maximum atomic E-state index is 12.2. The Bertz CT molecular complexity index is 704. The molecule has 0 fully saturated rings. The summed E-state index contributed by atoms with van der Waals surface area (Å²) in [7, 11) is 1.25. The van der Waals surface area contributed by atoms with Crippen LogP contribution in [0.4, 0.5) is 11.4 Å². The van der Waals surface area contributed by atoms with E-state index in [1.54, 1.807) is 12.1 Å². The van der Waals surface area contributed by atoms with Crippen molar-refractivity contribution in [2.75, 3.05) is 18.2 Å². The Morgan fingerprint density at radius 1 is 1.33 bits per heavy atom. The van der Waals surface area contributed by atoms with Crippen LogP contribution in [0.15, 0.2) is 36.5 Å². The predicted octanol–water partition coefficient (Wildman–Crippen LogP) is 2.36. The highest BCUT2D eigenvalue weighted by atomic mass is 35.5. The van der Waals surface area contributed by atoms with Gasteiger partial charge in [-0.2, -0.15) is 0 Å². The number of pyridine rings is 1. The van der Waals surface area contributed by atoms with E-state index in [0.717, 1.165) is 0 Å². The zero-order valence-electron chi connectivity index (χ0n) is 11.1. The number of nitrogens with two attached hydrogens (primary N) is 1. The first kappa shape index (κ1) is 14.8. The van der Waals surface area contributed by atoms with Crippen molar-refractivity contribution in [3.63, 3.8) is 0 Å². The average Bonchev–Trinajstić information content (AvgIpc) is 2.47. The highest BCUT2D eigenvalue weighted by Gasteiger charge is 2.17. The third kappa shape index (κ3) is 3.29. The molecule has 2 rings (SSSR count). The molecule has 0 saturated carbocycles. The van der Waals surface area contributed by atoms with E-state index in [-0.39, 0.29) is 22.6 Å². The third-order valence-corrected chi connectivity index (χ3v) is 2.92. The molecule has 0 spiro atoms. The summed E-state index contributed by atoms with van der Waals surface area (Å²) in [5, 5.41) is 2.92. The Kier molecular flexibility index (Phi) is 4.39. The molecule has 0 atom stereocenters. The molecule has 0 saturated heterocycles. The van der Waals surface area contributed by atoms with Crippen molar-refractivity contribution in [3.8, 4) is 0 Å². The minimum Gasteiger partial charge on any atom is -0.465 e. The van der Waals surface area contributed by atoms with E-state index in [1.807, 2.05) is 0 Å². The molecular formula is C14H12ClN3O3. The van der Waals surface area contributed by atoms with Gasteiger partial charge in [-0.05, 0) is 30.3 Å². The van der Waals surface area contributed by atoms with Crippen molar-refractivity contribution < 1.29 is 14.3 Å². The summed E-state index contributed by atoms with van der Waals surface area (Å²) >= 11 is 5.88. The smallest absolute Gasteiger partial charge is 0.339 e. The number of amides is 1. The molecule has 0 bridgehead atoms. The first-order valence-electron chi connectivity index (χ1n) is 5.92. The molecule has 0 unspecified atom stereocenters. The minimum absolute atomic E-state index is 0.0632. The molecule has 6 nitrogen and oxygen atoms in total. The molecule has 3 N–H and O–H groups in total. The predicted molar refractivity (Wildman–Crippen MR) is 79.4 cm³/mol. The van der Waals surface area contributed by atoms with Gasteiger partial charge in [0, 0.05) is 11.2 Å². The van der Waals surface area contributed by atoms with Crippen LogP contribution in [0.3, 0.4) is 0 Å². The van der Waals surface area contributed by atoms with Gasteiger partial charge in [0.1, 0.15) is 0 Å². The van der Waals surface area contributed by atoms with Crippen LogP contribution < -0.4 is 11.1 Å². The summed E-state index contributed by atoms with van der Waals surface area (Å²) in [5.41, 5.74) is 6.40. The van der Waals surface area contributed by atoms with Crippen LogP contribution in [-0.2, 0) is 4.74 Å². The first-order valence-corrected chi connectivity index (χ1v) is 6.30. The number of aromatic nitrogens is 1. The molecule has 1 amide bonds. The Hall–Kier alpha value is -2.60. The molecule has 1 aromatic carbocycles. The lowest BCUT2D eigenvalue weighted by Crippen LogP contribution is -2.18. The van der Waals surface area contributed by atoms with Gasteiger partial charge in [-0.25, -0.2) is 9.78 Å². The molecule has 1 aromatic heterocycles. The molecule has 0 aliphatic carbocycles. The largest absolute Gasteiger partial charge is 0.465 e. The second kappa shape index (κ2) is 6.23. The topological polar surface area (TPSA) is 94.3 Å². The van der Waals surface area contributed by atoms with Crippen molar-refractivity contribution in [1.29, 1.82) is 0 Å². The molecule has 0 aliphatic heterocycles.